The molecule has 0 aromatic carbocycles. The smallest absolute Gasteiger partial charge is 0.112 e. The first kappa shape index (κ1) is 6.86. The van der Waals surface area contributed by atoms with E-state index in [9.17, 15) is 9.90 Å². The predicted molar refractivity (Wildman–Crippen MR) is 32.4 cm³/mol. The van der Waals surface area contributed by atoms with E-state index in [-0.39, 0.29) is 5.56 Å². The summed E-state index contributed by atoms with van der Waals surface area (Å²) in [5.41, 5.74) is 0.155. The molecule has 54 valence electrons. The van der Waals surface area contributed by atoms with Crippen molar-refractivity contribution in [2.24, 2.45) is 0 Å². The summed E-state index contributed by atoms with van der Waals surface area (Å²) in [5.74, 6) is -0.703. The Hall–Kier alpha value is -1.25. The molecule has 0 unspecified atom stereocenters. The molecule has 0 amide bonds. The minimum atomic E-state index is -1.18. The number of aromatic carboxylic acids is 1. The van der Waals surface area contributed by atoms with E-state index < -0.39 is 5.97 Å². The molecule has 0 aliphatic rings. The van der Waals surface area contributed by atoms with Gasteiger partial charge in [0.2, 0.25) is 0 Å². The fourth-order valence-electron chi connectivity index (χ4n) is 0.796. The Morgan fingerprint density at radius 3 is 2.90 bits per heavy atom. The zero-order valence-corrected chi connectivity index (χ0v) is 5.59. The lowest BCUT2D eigenvalue weighted by molar-refractivity contribution is -0.255. The van der Waals surface area contributed by atoms with Crippen LogP contribution in [-0.2, 0) is 6.42 Å². The maximum atomic E-state index is 10.3. The maximum absolute atomic E-state index is 10.3. The SMILES string of the molecule is CCc1occc1C(=O)[O-]. The van der Waals surface area contributed by atoms with Gasteiger partial charge in [-0.1, -0.05) is 6.92 Å². The van der Waals surface area contributed by atoms with Crippen molar-refractivity contribution in [3.63, 3.8) is 0 Å². The molecule has 0 N–H and O–H groups in total. The van der Waals surface area contributed by atoms with E-state index in [0.29, 0.717) is 12.2 Å². The molecular weight excluding hydrogens is 132 g/mol. The average Bonchev–Trinajstić information content (AvgIpc) is 2.33. The van der Waals surface area contributed by atoms with Crippen LogP contribution in [0.15, 0.2) is 16.7 Å². The Morgan fingerprint density at radius 1 is 1.80 bits per heavy atom. The molecule has 0 atom stereocenters. The summed E-state index contributed by atoms with van der Waals surface area (Å²) in [6.07, 6.45) is 1.93. The Bertz CT molecular complexity index is 237. The number of carboxylic acids is 1. The zero-order valence-electron chi connectivity index (χ0n) is 5.59. The highest BCUT2D eigenvalue weighted by Gasteiger charge is 2.02. The molecule has 0 aliphatic carbocycles. The van der Waals surface area contributed by atoms with E-state index in [1.165, 1.54) is 12.3 Å². The third kappa shape index (κ3) is 1.03. The van der Waals surface area contributed by atoms with Crippen LogP contribution >= 0.6 is 0 Å². The monoisotopic (exact) mass is 139 g/mol. The van der Waals surface area contributed by atoms with Gasteiger partial charge in [-0.05, 0) is 6.07 Å². The third-order valence-corrected chi connectivity index (χ3v) is 1.29. The first-order valence-corrected chi connectivity index (χ1v) is 3.03. The van der Waals surface area contributed by atoms with Gasteiger partial charge in [-0.25, -0.2) is 0 Å². The van der Waals surface area contributed by atoms with E-state index in [4.69, 9.17) is 4.42 Å². The molecule has 1 aromatic rings. The van der Waals surface area contributed by atoms with Gasteiger partial charge in [-0.15, -0.1) is 0 Å². The summed E-state index contributed by atoms with van der Waals surface area (Å²) in [5, 5.41) is 10.3. The lowest BCUT2D eigenvalue weighted by atomic mass is 10.2. The zero-order chi connectivity index (χ0) is 7.56. The van der Waals surface area contributed by atoms with Gasteiger partial charge in [0.1, 0.15) is 5.76 Å². The summed E-state index contributed by atoms with van der Waals surface area (Å²) in [4.78, 5) is 10.3. The minimum absolute atomic E-state index is 0.155. The van der Waals surface area contributed by atoms with Crippen LogP contribution in [-0.4, -0.2) is 5.97 Å². The number of aryl methyl sites for hydroxylation is 1. The van der Waals surface area contributed by atoms with Crippen molar-refractivity contribution in [1.29, 1.82) is 0 Å². The molecule has 0 radical (unpaired) electrons. The number of hydrogen-bond donors (Lipinski definition) is 0. The first-order valence-electron chi connectivity index (χ1n) is 3.03. The van der Waals surface area contributed by atoms with Gasteiger partial charge < -0.3 is 14.3 Å². The second kappa shape index (κ2) is 2.56. The fraction of sp³-hybridized carbons (Fsp3) is 0.286. The van der Waals surface area contributed by atoms with E-state index in [2.05, 4.69) is 0 Å². The van der Waals surface area contributed by atoms with E-state index in [1.807, 2.05) is 6.92 Å². The Balaban J connectivity index is 3.01. The highest BCUT2D eigenvalue weighted by molar-refractivity contribution is 5.86. The number of rotatable bonds is 2. The summed E-state index contributed by atoms with van der Waals surface area (Å²) in [6, 6.07) is 1.40. The van der Waals surface area contributed by atoms with Crippen LogP contribution in [0.2, 0.25) is 0 Å². The van der Waals surface area contributed by atoms with Gasteiger partial charge in [-0.3, -0.25) is 0 Å². The van der Waals surface area contributed by atoms with Gasteiger partial charge in [0.25, 0.3) is 0 Å². The summed E-state index contributed by atoms with van der Waals surface area (Å²) < 4.78 is 4.85. The van der Waals surface area contributed by atoms with Gasteiger partial charge in [0.05, 0.1) is 12.2 Å². The molecule has 1 aromatic heterocycles. The van der Waals surface area contributed by atoms with Crippen LogP contribution in [0.5, 0.6) is 0 Å². The van der Waals surface area contributed by atoms with Gasteiger partial charge in [0.15, 0.2) is 0 Å². The molecule has 3 nitrogen and oxygen atoms in total. The van der Waals surface area contributed by atoms with Crippen molar-refractivity contribution < 1.29 is 14.3 Å². The van der Waals surface area contributed by atoms with Gasteiger partial charge in [-0.2, -0.15) is 0 Å². The Labute approximate surface area is 58.3 Å². The highest BCUT2D eigenvalue weighted by Crippen LogP contribution is 2.09. The van der Waals surface area contributed by atoms with Crippen LogP contribution in [0, 0.1) is 0 Å². The van der Waals surface area contributed by atoms with Crippen molar-refractivity contribution in [1.82, 2.24) is 0 Å². The molecule has 0 saturated heterocycles. The second-order valence-corrected chi connectivity index (χ2v) is 1.90. The molecular formula is C7H7O3-. The lowest BCUT2D eigenvalue weighted by Crippen LogP contribution is -2.22. The normalized spacial score (nSPS) is 9.70. The highest BCUT2D eigenvalue weighted by atomic mass is 16.4. The topological polar surface area (TPSA) is 53.3 Å². The number of carbonyl (C=O) groups excluding carboxylic acids is 1. The van der Waals surface area contributed by atoms with E-state index >= 15 is 0 Å². The van der Waals surface area contributed by atoms with E-state index in [1.54, 1.807) is 0 Å². The molecule has 0 spiro atoms. The first-order chi connectivity index (χ1) is 4.75. The van der Waals surface area contributed by atoms with Crippen molar-refractivity contribution >= 4 is 5.97 Å². The van der Waals surface area contributed by atoms with Gasteiger partial charge >= 0.3 is 0 Å². The van der Waals surface area contributed by atoms with E-state index in [0.717, 1.165) is 0 Å². The Morgan fingerprint density at radius 2 is 2.50 bits per heavy atom. The predicted octanol–water partition coefficient (Wildman–Crippen LogP) is 0.206. The quantitative estimate of drug-likeness (QED) is 0.588. The van der Waals surface area contributed by atoms with Crippen molar-refractivity contribution in [2.75, 3.05) is 0 Å². The minimum Gasteiger partial charge on any atom is -0.545 e. The van der Waals surface area contributed by atoms with Crippen LogP contribution < -0.4 is 5.11 Å². The average molecular weight is 139 g/mol. The molecule has 1 rings (SSSR count). The molecule has 10 heavy (non-hydrogen) atoms. The summed E-state index contributed by atoms with van der Waals surface area (Å²) in [7, 11) is 0. The fourth-order valence-corrected chi connectivity index (χ4v) is 0.796. The van der Waals surface area contributed by atoms with Gasteiger partial charge in [0, 0.05) is 12.0 Å². The molecule has 0 saturated carbocycles. The van der Waals surface area contributed by atoms with Crippen LogP contribution in [0.4, 0.5) is 0 Å². The lowest BCUT2D eigenvalue weighted by Gasteiger charge is -1.98. The standard InChI is InChI=1S/C7H8O3/c1-2-6-5(7(8)9)3-4-10-6/h3-4H,2H2,1H3,(H,8,9)/p-1. The number of furan rings is 1. The second-order valence-electron chi connectivity index (χ2n) is 1.90. The molecule has 0 bridgehead atoms. The van der Waals surface area contributed by atoms with Crippen molar-refractivity contribution in [3.05, 3.63) is 23.7 Å². The van der Waals surface area contributed by atoms with Crippen LogP contribution in [0.3, 0.4) is 0 Å². The molecule has 0 aliphatic heterocycles. The molecule has 3 heteroatoms. The molecule has 0 fully saturated rings. The molecule has 1 heterocycles. The Kier molecular flexibility index (Phi) is 1.76. The number of carboxylic acid groups (broad SMARTS) is 1. The largest absolute Gasteiger partial charge is 0.545 e. The maximum Gasteiger partial charge on any atom is 0.112 e. The summed E-state index contributed by atoms with van der Waals surface area (Å²) in [6.45, 7) is 1.82. The third-order valence-electron chi connectivity index (χ3n) is 1.29. The number of hydrogen-bond acceptors (Lipinski definition) is 3. The van der Waals surface area contributed by atoms with Crippen molar-refractivity contribution in [2.45, 2.75) is 13.3 Å². The summed E-state index contributed by atoms with van der Waals surface area (Å²) >= 11 is 0. The van der Waals surface area contributed by atoms with Crippen LogP contribution in [0.1, 0.15) is 23.0 Å². The van der Waals surface area contributed by atoms with Crippen molar-refractivity contribution in [3.8, 4) is 0 Å². The van der Waals surface area contributed by atoms with Crippen LogP contribution in [0.25, 0.3) is 0 Å². The number of carbonyl (C=O) groups is 1.